The molecule has 3 heteroatoms. The maximum atomic E-state index is 8.86. The van der Waals surface area contributed by atoms with Crippen LogP contribution in [0.4, 0.5) is 0 Å². The Morgan fingerprint density at radius 2 is 2.21 bits per heavy atom. The van der Waals surface area contributed by atoms with Gasteiger partial charge in [-0.25, -0.2) is 4.98 Å². The van der Waals surface area contributed by atoms with Gasteiger partial charge in [0.2, 0.25) is 0 Å². The number of hydrogen-bond donors (Lipinski definition) is 1. The highest BCUT2D eigenvalue weighted by atomic mass is 14.9. The number of rotatable bonds is 4. The van der Waals surface area contributed by atoms with E-state index in [1.54, 1.807) is 6.20 Å². The van der Waals surface area contributed by atoms with E-state index in [4.69, 9.17) is 5.26 Å². The van der Waals surface area contributed by atoms with Crippen LogP contribution in [-0.4, -0.2) is 11.0 Å². The fourth-order valence-electron chi connectivity index (χ4n) is 3.11. The van der Waals surface area contributed by atoms with E-state index in [1.165, 1.54) is 25.7 Å². The van der Waals surface area contributed by atoms with Gasteiger partial charge in [0.25, 0.3) is 0 Å². The molecule has 2 unspecified atom stereocenters. The van der Waals surface area contributed by atoms with Crippen LogP contribution in [0.5, 0.6) is 0 Å². The molecule has 2 atom stereocenters. The Balaban J connectivity index is 1.95. The van der Waals surface area contributed by atoms with Crippen molar-refractivity contribution in [3.8, 4) is 6.07 Å². The summed E-state index contributed by atoms with van der Waals surface area (Å²) in [5, 5.41) is 12.5. The summed E-state index contributed by atoms with van der Waals surface area (Å²) in [6, 6.07) is 6.57. The lowest BCUT2D eigenvalue weighted by atomic mass is 9.78. The van der Waals surface area contributed by atoms with Gasteiger partial charge in [-0.2, -0.15) is 5.26 Å². The topological polar surface area (TPSA) is 48.7 Å². The minimum atomic E-state index is 0.503. The van der Waals surface area contributed by atoms with Crippen LogP contribution in [-0.2, 0) is 6.54 Å². The first-order valence-electron chi connectivity index (χ1n) is 7.29. The van der Waals surface area contributed by atoms with Crippen LogP contribution in [0.2, 0.25) is 0 Å². The first-order chi connectivity index (χ1) is 9.20. The van der Waals surface area contributed by atoms with Crippen LogP contribution in [0.15, 0.2) is 18.3 Å². The number of nitrogens with zero attached hydrogens (tertiary/aromatic N) is 2. The van der Waals surface area contributed by atoms with E-state index < -0.39 is 0 Å². The van der Waals surface area contributed by atoms with Gasteiger partial charge >= 0.3 is 0 Å². The number of nitriles is 1. The van der Waals surface area contributed by atoms with Crippen molar-refractivity contribution in [2.75, 3.05) is 0 Å². The van der Waals surface area contributed by atoms with E-state index in [9.17, 15) is 0 Å². The first-order valence-corrected chi connectivity index (χ1v) is 7.29. The fourth-order valence-corrected chi connectivity index (χ4v) is 3.11. The monoisotopic (exact) mass is 257 g/mol. The molecular formula is C16H23N3. The van der Waals surface area contributed by atoms with Crippen molar-refractivity contribution in [2.45, 2.75) is 52.1 Å². The lowest BCUT2D eigenvalue weighted by Gasteiger charge is -2.35. The molecule has 0 bridgehead atoms. The normalized spacial score (nSPS) is 23.3. The molecule has 102 valence electrons. The van der Waals surface area contributed by atoms with Crippen molar-refractivity contribution in [1.29, 1.82) is 5.26 Å². The lowest BCUT2D eigenvalue weighted by molar-refractivity contribution is 0.204. The molecule has 2 rings (SSSR count). The molecule has 1 fully saturated rings. The van der Waals surface area contributed by atoms with Gasteiger partial charge in [-0.05, 0) is 42.4 Å². The Kier molecular flexibility index (Phi) is 4.93. The standard InChI is InChI=1S/C16H23N3/c1-12(2)15-5-3-4-6-16(15)19-11-13-7-8-18-14(9-13)10-17/h7-9,12,15-16,19H,3-6,11H2,1-2H3. The molecular weight excluding hydrogens is 234 g/mol. The van der Waals surface area contributed by atoms with E-state index >= 15 is 0 Å². The summed E-state index contributed by atoms with van der Waals surface area (Å²) in [5.74, 6) is 1.52. The number of aromatic nitrogens is 1. The lowest BCUT2D eigenvalue weighted by Crippen LogP contribution is -2.40. The van der Waals surface area contributed by atoms with E-state index in [0.29, 0.717) is 11.7 Å². The Morgan fingerprint density at radius 3 is 2.95 bits per heavy atom. The van der Waals surface area contributed by atoms with Gasteiger partial charge in [0, 0.05) is 18.8 Å². The quantitative estimate of drug-likeness (QED) is 0.900. The zero-order valence-electron chi connectivity index (χ0n) is 11.9. The van der Waals surface area contributed by atoms with Crippen LogP contribution >= 0.6 is 0 Å². The predicted octanol–water partition coefficient (Wildman–Crippen LogP) is 3.26. The first kappa shape index (κ1) is 14.0. The van der Waals surface area contributed by atoms with Crippen LogP contribution in [0, 0.1) is 23.2 Å². The van der Waals surface area contributed by atoms with Gasteiger partial charge in [-0.3, -0.25) is 0 Å². The molecule has 0 saturated heterocycles. The van der Waals surface area contributed by atoms with Crippen molar-refractivity contribution in [2.24, 2.45) is 11.8 Å². The second kappa shape index (κ2) is 6.68. The van der Waals surface area contributed by atoms with Gasteiger partial charge in [0.05, 0.1) is 0 Å². The number of hydrogen-bond acceptors (Lipinski definition) is 3. The summed E-state index contributed by atoms with van der Waals surface area (Å²) in [7, 11) is 0. The molecule has 19 heavy (non-hydrogen) atoms. The minimum absolute atomic E-state index is 0.503. The Bertz CT molecular complexity index is 448. The van der Waals surface area contributed by atoms with E-state index in [-0.39, 0.29) is 0 Å². The third kappa shape index (κ3) is 3.78. The smallest absolute Gasteiger partial charge is 0.140 e. The van der Waals surface area contributed by atoms with E-state index in [2.05, 4.69) is 30.2 Å². The Morgan fingerprint density at radius 1 is 1.42 bits per heavy atom. The third-order valence-corrected chi connectivity index (χ3v) is 4.18. The van der Waals surface area contributed by atoms with E-state index in [1.807, 2.05) is 12.1 Å². The van der Waals surface area contributed by atoms with Gasteiger partial charge in [0.1, 0.15) is 11.8 Å². The Labute approximate surface area is 116 Å². The molecule has 1 heterocycles. The molecule has 1 N–H and O–H groups in total. The highest BCUT2D eigenvalue weighted by Crippen LogP contribution is 2.30. The second-order valence-electron chi connectivity index (χ2n) is 5.84. The molecule has 0 spiro atoms. The molecule has 0 aromatic carbocycles. The molecule has 1 aliphatic rings. The average molecular weight is 257 g/mol. The second-order valence-corrected chi connectivity index (χ2v) is 5.84. The summed E-state index contributed by atoms with van der Waals surface area (Å²) in [6.07, 6.45) is 7.04. The van der Waals surface area contributed by atoms with Crippen LogP contribution in [0.1, 0.15) is 50.8 Å². The van der Waals surface area contributed by atoms with Gasteiger partial charge < -0.3 is 5.32 Å². The summed E-state index contributed by atoms with van der Waals surface area (Å²) in [4.78, 5) is 4.01. The molecule has 0 radical (unpaired) electrons. The highest BCUT2D eigenvalue weighted by molar-refractivity contribution is 5.25. The highest BCUT2D eigenvalue weighted by Gasteiger charge is 2.26. The summed E-state index contributed by atoms with van der Waals surface area (Å²) in [6.45, 7) is 5.49. The molecule has 0 amide bonds. The van der Waals surface area contributed by atoms with Gasteiger partial charge in [-0.1, -0.05) is 26.7 Å². The molecule has 3 nitrogen and oxygen atoms in total. The molecule has 1 aliphatic carbocycles. The van der Waals surface area contributed by atoms with Gasteiger partial charge in [-0.15, -0.1) is 0 Å². The number of nitrogens with one attached hydrogen (secondary N) is 1. The van der Waals surface area contributed by atoms with Crippen LogP contribution < -0.4 is 5.32 Å². The van der Waals surface area contributed by atoms with Gasteiger partial charge in [0.15, 0.2) is 0 Å². The average Bonchev–Trinajstić information content (AvgIpc) is 2.45. The van der Waals surface area contributed by atoms with Crippen LogP contribution in [0.25, 0.3) is 0 Å². The maximum absolute atomic E-state index is 8.86. The predicted molar refractivity (Wildman–Crippen MR) is 76.4 cm³/mol. The zero-order chi connectivity index (χ0) is 13.7. The SMILES string of the molecule is CC(C)C1CCCCC1NCc1ccnc(C#N)c1. The minimum Gasteiger partial charge on any atom is -0.310 e. The fraction of sp³-hybridized carbons (Fsp3) is 0.625. The molecule has 0 aliphatic heterocycles. The summed E-state index contributed by atoms with van der Waals surface area (Å²) < 4.78 is 0. The van der Waals surface area contributed by atoms with Crippen molar-refractivity contribution in [1.82, 2.24) is 10.3 Å². The third-order valence-electron chi connectivity index (χ3n) is 4.18. The molecule has 1 aromatic rings. The van der Waals surface area contributed by atoms with Crippen LogP contribution in [0.3, 0.4) is 0 Å². The Hall–Kier alpha value is -1.40. The van der Waals surface area contributed by atoms with E-state index in [0.717, 1.165) is 23.9 Å². The number of pyridine rings is 1. The van der Waals surface area contributed by atoms with Crippen molar-refractivity contribution >= 4 is 0 Å². The van der Waals surface area contributed by atoms with Crippen molar-refractivity contribution < 1.29 is 0 Å². The van der Waals surface area contributed by atoms with Crippen molar-refractivity contribution in [3.63, 3.8) is 0 Å². The summed E-state index contributed by atoms with van der Waals surface area (Å²) in [5.41, 5.74) is 1.66. The zero-order valence-corrected chi connectivity index (χ0v) is 11.9. The molecule has 1 aromatic heterocycles. The largest absolute Gasteiger partial charge is 0.310 e. The molecule has 1 saturated carbocycles. The maximum Gasteiger partial charge on any atom is 0.140 e. The summed E-state index contributed by atoms with van der Waals surface area (Å²) >= 11 is 0. The van der Waals surface area contributed by atoms with Crippen molar-refractivity contribution in [3.05, 3.63) is 29.6 Å².